The van der Waals surface area contributed by atoms with E-state index in [0.29, 0.717) is 9.20 Å². The van der Waals surface area contributed by atoms with Crippen molar-refractivity contribution in [2.24, 2.45) is 5.41 Å². The summed E-state index contributed by atoms with van der Waals surface area (Å²) in [5.74, 6) is 0.00253. The van der Waals surface area contributed by atoms with Crippen molar-refractivity contribution in [2.75, 3.05) is 0 Å². The fourth-order valence-corrected chi connectivity index (χ4v) is 2.75. The number of hydrogen-bond donors (Lipinski definition) is 1. The molecule has 0 radical (unpaired) electrons. The van der Waals surface area contributed by atoms with Gasteiger partial charge >= 0.3 is 0 Å². The lowest BCUT2D eigenvalue weighted by Gasteiger charge is -2.12. The van der Waals surface area contributed by atoms with Crippen LogP contribution < -0.4 is 14.8 Å². The summed E-state index contributed by atoms with van der Waals surface area (Å²) >= 11 is 1.31. The van der Waals surface area contributed by atoms with E-state index in [0.717, 1.165) is 5.56 Å². The number of rotatable bonds is 2. The van der Waals surface area contributed by atoms with Gasteiger partial charge in [-0.2, -0.15) is 0 Å². The normalized spacial score (nSPS) is 13.7. The Balaban J connectivity index is 2.48. The van der Waals surface area contributed by atoms with Crippen LogP contribution in [0.3, 0.4) is 0 Å². The summed E-state index contributed by atoms with van der Waals surface area (Å²) in [5.41, 5.74) is 2.80. The molecule has 0 saturated carbocycles. The molecule has 0 bridgehead atoms. The van der Waals surface area contributed by atoms with E-state index in [9.17, 15) is 9.59 Å². The second-order valence-electron chi connectivity index (χ2n) is 6.53. The fourth-order valence-electron chi connectivity index (χ4n) is 1.87. The van der Waals surface area contributed by atoms with Gasteiger partial charge in [-0.3, -0.25) is 9.59 Å². The molecule has 0 fully saturated rings. The third-order valence-corrected chi connectivity index (χ3v) is 4.47. The first-order chi connectivity index (χ1) is 10.2. The van der Waals surface area contributed by atoms with Gasteiger partial charge in [-0.1, -0.05) is 39.0 Å². The molecule has 1 aromatic heterocycles. The maximum atomic E-state index is 12.0. The van der Waals surface area contributed by atoms with Crippen LogP contribution in [0.5, 0.6) is 0 Å². The predicted molar refractivity (Wildman–Crippen MR) is 92.6 cm³/mol. The zero-order chi connectivity index (χ0) is 16.5. The maximum absolute atomic E-state index is 12.0. The van der Waals surface area contributed by atoms with Crippen LogP contribution in [0.15, 0.2) is 23.0 Å². The van der Waals surface area contributed by atoms with E-state index in [1.54, 1.807) is 0 Å². The molecular formula is C18H21NO2S. The molecule has 0 unspecified atom stereocenters. The van der Waals surface area contributed by atoms with Crippen LogP contribution >= 0.6 is 11.3 Å². The molecule has 0 aliphatic rings. The monoisotopic (exact) mass is 315 g/mol. The van der Waals surface area contributed by atoms with Gasteiger partial charge in [0.15, 0.2) is 5.78 Å². The number of nitrogens with one attached hydrogen (secondary N) is 1. The van der Waals surface area contributed by atoms with Gasteiger partial charge in [0.05, 0.1) is 9.20 Å². The van der Waals surface area contributed by atoms with Crippen LogP contribution in [0.1, 0.15) is 37.5 Å². The summed E-state index contributed by atoms with van der Waals surface area (Å²) in [6.07, 6.45) is 3.37. The Hall–Kier alpha value is -1.94. The molecule has 1 heterocycles. The molecule has 0 aliphatic carbocycles. The van der Waals surface area contributed by atoms with Crippen molar-refractivity contribution in [3.8, 4) is 0 Å². The first-order valence-corrected chi connectivity index (χ1v) is 8.03. The molecule has 0 aliphatic heterocycles. The van der Waals surface area contributed by atoms with Crippen LogP contribution in [0.4, 0.5) is 0 Å². The number of benzene rings is 1. The van der Waals surface area contributed by atoms with E-state index >= 15 is 0 Å². The lowest BCUT2D eigenvalue weighted by molar-refractivity contribution is -0.119. The van der Waals surface area contributed by atoms with Gasteiger partial charge in [-0.15, -0.1) is 11.3 Å². The van der Waals surface area contributed by atoms with E-state index in [2.05, 4.69) is 18.0 Å². The average Bonchev–Trinajstić information content (AvgIpc) is 2.73. The molecule has 0 saturated heterocycles. The van der Waals surface area contributed by atoms with Gasteiger partial charge in [0.25, 0.3) is 5.56 Å². The quantitative estimate of drug-likeness (QED) is 0.924. The molecule has 2 rings (SSSR count). The molecule has 0 atom stereocenters. The summed E-state index contributed by atoms with van der Waals surface area (Å²) in [5, 5.41) is 0. The number of H-pyrrole nitrogens is 1. The lowest BCUT2D eigenvalue weighted by Crippen LogP contribution is -2.22. The molecule has 1 aromatic carbocycles. The van der Waals surface area contributed by atoms with Gasteiger partial charge < -0.3 is 4.98 Å². The number of Topliss-reactive ketones (excluding diaryl/α,β-unsaturated/α-hetero) is 1. The van der Waals surface area contributed by atoms with Crippen LogP contribution in [0.25, 0.3) is 12.2 Å². The maximum Gasteiger partial charge on any atom is 0.266 e. The Bertz CT molecular complexity index is 879. The number of hydrogen-bond acceptors (Lipinski definition) is 3. The Morgan fingerprint density at radius 3 is 2.45 bits per heavy atom. The van der Waals surface area contributed by atoms with Crippen molar-refractivity contribution in [1.29, 1.82) is 0 Å². The third-order valence-electron chi connectivity index (χ3n) is 3.51. The molecule has 1 N–H and O–H groups in total. The first-order valence-electron chi connectivity index (χ1n) is 7.21. The van der Waals surface area contributed by atoms with E-state index in [1.165, 1.54) is 28.5 Å². The molecule has 3 nitrogen and oxygen atoms in total. The number of aromatic nitrogens is 1. The number of aromatic amines is 1. The second kappa shape index (κ2) is 6.05. The van der Waals surface area contributed by atoms with Gasteiger partial charge in [0.2, 0.25) is 0 Å². The van der Waals surface area contributed by atoms with E-state index in [-0.39, 0.29) is 11.3 Å². The topological polar surface area (TPSA) is 49.9 Å². The minimum Gasteiger partial charge on any atom is -0.313 e. The highest BCUT2D eigenvalue weighted by Gasteiger charge is 2.18. The molecule has 116 valence electrons. The van der Waals surface area contributed by atoms with Crippen LogP contribution in [-0.2, 0) is 4.79 Å². The molecule has 4 heteroatoms. The largest absolute Gasteiger partial charge is 0.313 e. The third kappa shape index (κ3) is 3.83. The lowest BCUT2D eigenvalue weighted by atomic mass is 9.91. The van der Waals surface area contributed by atoms with E-state index in [1.807, 2.05) is 45.9 Å². The Kier molecular flexibility index (Phi) is 4.52. The van der Waals surface area contributed by atoms with Gasteiger partial charge in [-0.25, -0.2) is 0 Å². The number of thiazole rings is 1. The first kappa shape index (κ1) is 16.4. The minimum absolute atomic E-state index is 0.00253. The van der Waals surface area contributed by atoms with E-state index in [4.69, 9.17) is 0 Å². The Labute approximate surface area is 134 Å². The predicted octanol–water partition coefficient (Wildman–Crippen LogP) is 2.28. The van der Waals surface area contributed by atoms with Crippen molar-refractivity contribution < 1.29 is 4.79 Å². The van der Waals surface area contributed by atoms with Crippen LogP contribution in [-0.4, -0.2) is 10.8 Å². The van der Waals surface area contributed by atoms with Crippen molar-refractivity contribution >= 4 is 29.3 Å². The summed E-state index contributed by atoms with van der Waals surface area (Å²) in [6, 6.07) is 6.09. The minimum atomic E-state index is -0.446. The molecule has 2 aromatic rings. The molecule has 0 amide bonds. The highest BCUT2D eigenvalue weighted by molar-refractivity contribution is 7.07. The summed E-state index contributed by atoms with van der Waals surface area (Å²) in [7, 11) is 0. The highest BCUT2D eigenvalue weighted by Crippen LogP contribution is 2.14. The summed E-state index contributed by atoms with van der Waals surface area (Å²) in [4.78, 5) is 26.8. The average molecular weight is 315 g/mol. The van der Waals surface area contributed by atoms with Crippen LogP contribution in [0.2, 0.25) is 0 Å². The Morgan fingerprint density at radius 1 is 1.18 bits per heavy atom. The molecule has 22 heavy (non-hydrogen) atoms. The standard InChI is InChI=1S/C18H21NO2S/c1-11-6-7-13(8-12(11)2)9-14-17(21)19-16(22-14)10-15(20)18(3,4)5/h6-10H,1-5H3,(H,19,21)/b14-9-,16-10-. The van der Waals surface area contributed by atoms with Gasteiger partial charge in [0, 0.05) is 11.5 Å². The number of carbonyl (C=O) groups is 1. The SMILES string of the molecule is Cc1ccc(/C=c2\s/c(=C\C(=O)C(C)(C)C)[nH]c2=O)cc1C. The van der Waals surface area contributed by atoms with Crippen molar-refractivity contribution in [3.05, 3.63) is 54.4 Å². The van der Waals surface area contributed by atoms with Crippen LogP contribution in [0, 0.1) is 19.3 Å². The zero-order valence-corrected chi connectivity index (χ0v) is 14.4. The highest BCUT2D eigenvalue weighted by atomic mass is 32.1. The van der Waals surface area contributed by atoms with Crippen molar-refractivity contribution in [2.45, 2.75) is 34.6 Å². The zero-order valence-electron chi connectivity index (χ0n) is 13.6. The second-order valence-corrected chi connectivity index (χ2v) is 7.62. The number of carbonyl (C=O) groups excluding carboxylic acids is 1. The summed E-state index contributed by atoms with van der Waals surface area (Å²) in [6.45, 7) is 9.69. The van der Waals surface area contributed by atoms with Gasteiger partial charge in [-0.05, 0) is 36.6 Å². The Morgan fingerprint density at radius 2 is 1.86 bits per heavy atom. The fraction of sp³-hybridized carbons (Fsp3) is 0.333. The molecule has 0 spiro atoms. The smallest absolute Gasteiger partial charge is 0.266 e. The molecular weight excluding hydrogens is 294 g/mol. The van der Waals surface area contributed by atoms with E-state index < -0.39 is 5.41 Å². The number of aryl methyl sites for hydroxylation is 2. The van der Waals surface area contributed by atoms with Gasteiger partial charge in [0.1, 0.15) is 0 Å². The number of ketones is 1. The summed E-state index contributed by atoms with van der Waals surface area (Å²) < 4.78 is 1.20. The van der Waals surface area contributed by atoms with Crippen molar-refractivity contribution in [1.82, 2.24) is 4.98 Å². The van der Waals surface area contributed by atoms with Crippen molar-refractivity contribution in [3.63, 3.8) is 0 Å².